The molecule has 57 heavy (non-hydrogen) atoms. The molecule has 3 aromatic heterocycles. The molecule has 0 fully saturated rings. The molecule has 0 aliphatic rings. The number of esters is 3. The molecular formula is C38H36NNaO16S. The van der Waals surface area contributed by atoms with Crippen molar-refractivity contribution in [1.82, 2.24) is 4.98 Å². The zero-order chi connectivity index (χ0) is 40.3. The smallest absolute Gasteiger partial charge is 0.716 e. The number of methoxy groups -OCH3 is 2. The first-order valence-electron chi connectivity index (χ1n) is 17.1. The molecule has 19 heteroatoms. The number of hydrogen-bond acceptors (Lipinski definition) is 16. The summed E-state index contributed by atoms with van der Waals surface area (Å²) >= 11 is 0. The fourth-order valence-corrected chi connectivity index (χ4v) is 6.49. The molecule has 1 N–H and O–H groups in total. The van der Waals surface area contributed by atoms with Crippen LogP contribution in [0.2, 0.25) is 0 Å². The Balaban J connectivity index is 0.00000620. The quantitative estimate of drug-likeness (QED) is 0.0485. The van der Waals surface area contributed by atoms with Crippen molar-refractivity contribution in [3.05, 3.63) is 76.4 Å². The van der Waals surface area contributed by atoms with Gasteiger partial charge in [-0.3, -0.25) is 0 Å². The van der Waals surface area contributed by atoms with E-state index in [2.05, 4.69) is 9.17 Å². The van der Waals surface area contributed by atoms with Gasteiger partial charge in [-0.2, -0.15) is 0 Å². The molecule has 0 amide bonds. The van der Waals surface area contributed by atoms with Crippen molar-refractivity contribution in [3.8, 4) is 28.7 Å². The van der Waals surface area contributed by atoms with Crippen LogP contribution in [0.4, 0.5) is 0 Å². The van der Waals surface area contributed by atoms with Crippen LogP contribution in [0.25, 0.3) is 32.8 Å². The maximum Gasteiger partial charge on any atom is 1.00 e. The monoisotopic (exact) mass is 817 g/mol. The Morgan fingerprint density at radius 3 is 1.77 bits per heavy atom. The number of furan rings is 2. The Hall–Kier alpha value is -5.40. The Labute approximate surface area is 347 Å². The molecule has 0 radical (unpaired) electrons. The Kier molecular flexibility index (Phi) is 13.4. The molecule has 17 nitrogen and oxygen atoms in total. The first-order valence-corrected chi connectivity index (χ1v) is 18.4. The minimum absolute atomic E-state index is 0. The van der Waals surface area contributed by atoms with Crippen molar-refractivity contribution in [2.24, 2.45) is 0 Å². The molecule has 0 saturated carbocycles. The van der Waals surface area contributed by atoms with Gasteiger partial charge in [-0.15, -0.1) is 0 Å². The average Bonchev–Trinajstić information content (AvgIpc) is 3.80. The summed E-state index contributed by atoms with van der Waals surface area (Å²) in [6.45, 7) is 6.30. The number of benzene rings is 3. The van der Waals surface area contributed by atoms with Gasteiger partial charge in [0.05, 0.1) is 45.3 Å². The van der Waals surface area contributed by atoms with Gasteiger partial charge in [0.2, 0.25) is 0 Å². The van der Waals surface area contributed by atoms with Crippen LogP contribution in [0.1, 0.15) is 69.1 Å². The Bertz CT molecular complexity index is 2590. The predicted octanol–water partition coefficient (Wildman–Crippen LogP) is 3.52. The molecule has 0 aliphatic carbocycles. The van der Waals surface area contributed by atoms with E-state index in [1.807, 2.05) is 0 Å². The number of aromatic amines is 1. The standard InChI is InChI=1S/C38H37NO16S.Na/c1-7-48-36(40)33-19(4)53-26-15-28(46-5)31(13-22(26)33)52-18-32-35(38(42)50-9-3)23-14-30(29(47-6)16-27(23)54-32)51-17-25-34(37(41)49-8-2)21-12-20(55-56(43,44)45)10-11-24(21)39-25;/h10-16,39H,7-9,17-18H2,1-6H3,(H,43,44,45);/q;+1/p-1. The predicted molar refractivity (Wildman–Crippen MR) is 195 cm³/mol. The van der Waals surface area contributed by atoms with Crippen LogP contribution < -0.4 is 52.7 Å². The molecule has 3 aromatic carbocycles. The Morgan fingerprint density at radius 2 is 1.21 bits per heavy atom. The van der Waals surface area contributed by atoms with Gasteiger partial charge in [0.1, 0.15) is 47.0 Å². The third-order valence-electron chi connectivity index (χ3n) is 8.41. The van der Waals surface area contributed by atoms with Crippen LogP contribution in [-0.4, -0.2) is 69.9 Å². The molecule has 296 valence electrons. The van der Waals surface area contributed by atoms with Gasteiger partial charge in [0.25, 0.3) is 10.4 Å². The minimum Gasteiger partial charge on any atom is -0.716 e. The number of rotatable bonds is 16. The maximum absolute atomic E-state index is 13.5. The number of carbonyl (C=O) groups is 3. The van der Waals surface area contributed by atoms with Crippen LogP contribution in [0.15, 0.2) is 51.3 Å². The van der Waals surface area contributed by atoms with E-state index in [0.717, 1.165) is 0 Å². The third kappa shape index (κ3) is 8.94. The average molecular weight is 818 g/mol. The number of fused-ring (bicyclic) bond motifs is 3. The van der Waals surface area contributed by atoms with Gasteiger partial charge in [-0.05, 0) is 58.0 Å². The normalized spacial score (nSPS) is 11.3. The van der Waals surface area contributed by atoms with Crippen LogP contribution in [0, 0.1) is 6.92 Å². The van der Waals surface area contributed by atoms with Gasteiger partial charge < -0.3 is 55.7 Å². The van der Waals surface area contributed by atoms with E-state index < -0.39 is 28.3 Å². The van der Waals surface area contributed by atoms with Crippen molar-refractivity contribution < 1.29 is 103 Å². The first-order chi connectivity index (χ1) is 26.8. The van der Waals surface area contributed by atoms with Crippen LogP contribution >= 0.6 is 0 Å². The molecule has 0 bridgehead atoms. The maximum atomic E-state index is 13.5. The van der Waals surface area contributed by atoms with E-state index in [9.17, 15) is 27.4 Å². The van der Waals surface area contributed by atoms with E-state index in [0.29, 0.717) is 22.2 Å². The van der Waals surface area contributed by atoms with E-state index in [1.165, 1.54) is 44.6 Å². The van der Waals surface area contributed by atoms with Crippen molar-refractivity contribution in [2.45, 2.75) is 40.9 Å². The third-order valence-corrected chi connectivity index (χ3v) is 8.81. The summed E-state index contributed by atoms with van der Waals surface area (Å²) in [4.78, 5) is 42.4. The molecule has 0 spiro atoms. The van der Waals surface area contributed by atoms with Crippen molar-refractivity contribution >= 4 is 61.1 Å². The minimum atomic E-state index is -5.09. The Morgan fingerprint density at radius 1 is 0.684 bits per heavy atom. The van der Waals surface area contributed by atoms with Gasteiger partial charge in [-0.25, -0.2) is 22.8 Å². The van der Waals surface area contributed by atoms with Gasteiger partial charge in [-0.1, -0.05) is 0 Å². The topological polar surface area (TPSA) is 224 Å². The van der Waals surface area contributed by atoms with Crippen LogP contribution in [0.5, 0.6) is 28.7 Å². The number of hydrogen-bond donors (Lipinski definition) is 1. The summed E-state index contributed by atoms with van der Waals surface area (Å²) in [5, 5.41) is 0.937. The summed E-state index contributed by atoms with van der Waals surface area (Å²) < 4.78 is 89.4. The number of ether oxygens (including phenoxy) is 7. The molecule has 0 aliphatic heterocycles. The number of carbonyl (C=O) groups excluding carboxylic acids is 3. The van der Waals surface area contributed by atoms with Crippen molar-refractivity contribution in [2.75, 3.05) is 34.0 Å². The van der Waals surface area contributed by atoms with E-state index >= 15 is 0 Å². The summed E-state index contributed by atoms with van der Waals surface area (Å²) in [7, 11) is -2.25. The molecule has 0 unspecified atom stereocenters. The van der Waals surface area contributed by atoms with Crippen LogP contribution in [0.3, 0.4) is 0 Å². The number of aryl methyl sites for hydroxylation is 1. The number of aromatic nitrogens is 1. The van der Waals surface area contributed by atoms with Gasteiger partial charge >= 0.3 is 47.5 Å². The zero-order valence-electron chi connectivity index (χ0n) is 32.0. The fourth-order valence-electron chi connectivity index (χ4n) is 6.15. The molecule has 3 heterocycles. The first kappa shape index (κ1) is 42.7. The van der Waals surface area contributed by atoms with E-state index in [1.54, 1.807) is 39.8 Å². The second kappa shape index (κ2) is 17.8. The summed E-state index contributed by atoms with van der Waals surface area (Å²) in [5.41, 5.74) is 1.52. The summed E-state index contributed by atoms with van der Waals surface area (Å²) in [6.07, 6.45) is 0. The molecular weight excluding hydrogens is 781 g/mol. The SMILES string of the molecule is CCOC(=O)c1c(COc2cc3c(C(=O)OCC)c(COc4cc5c(C(=O)OCC)c(C)oc5cc4OC)oc3cc2OC)[nH]c2ccc(OS(=O)(=O)[O-])cc12.[Na+]. The summed E-state index contributed by atoms with van der Waals surface area (Å²) in [6, 6.07) is 10.1. The summed E-state index contributed by atoms with van der Waals surface area (Å²) in [5.74, 6) is -1.04. The van der Waals surface area contributed by atoms with Crippen LogP contribution in [-0.2, 0) is 37.8 Å². The molecule has 6 rings (SSSR count). The number of nitrogens with one attached hydrogen (secondary N) is 1. The second-order valence-corrected chi connectivity index (χ2v) is 12.8. The largest absolute Gasteiger partial charge is 1.00 e. The van der Waals surface area contributed by atoms with Crippen molar-refractivity contribution in [1.29, 1.82) is 0 Å². The van der Waals surface area contributed by atoms with E-state index in [-0.39, 0.29) is 136 Å². The zero-order valence-corrected chi connectivity index (χ0v) is 34.8. The molecule has 6 aromatic rings. The number of H-pyrrole nitrogens is 1. The van der Waals surface area contributed by atoms with Crippen molar-refractivity contribution in [3.63, 3.8) is 0 Å². The second-order valence-electron chi connectivity index (χ2n) is 11.8. The molecule has 0 atom stereocenters. The van der Waals surface area contributed by atoms with Gasteiger partial charge in [0.15, 0.2) is 28.8 Å². The van der Waals surface area contributed by atoms with E-state index in [4.69, 9.17) is 42.0 Å². The van der Waals surface area contributed by atoms with Gasteiger partial charge in [0, 0.05) is 33.8 Å². The fraction of sp³-hybridized carbons (Fsp3) is 0.289. The molecule has 0 saturated heterocycles.